The molecule has 0 N–H and O–H groups in total. The molecule has 2 aromatic rings. The molecule has 0 aliphatic heterocycles. The Morgan fingerprint density at radius 1 is 1.23 bits per heavy atom. The van der Waals surface area contributed by atoms with Crippen LogP contribution in [0.15, 0.2) is 47.1 Å². The highest BCUT2D eigenvalue weighted by molar-refractivity contribution is 7.89. The molecule has 0 aliphatic rings. The number of carbonyl (C=O) groups is 1. The summed E-state index contributed by atoms with van der Waals surface area (Å²) in [4.78, 5) is 14.0. The molecule has 0 saturated carbocycles. The Bertz CT molecular complexity index is 733. The summed E-state index contributed by atoms with van der Waals surface area (Å²) < 4.78 is 27.8. The first-order valence-electron chi connectivity index (χ1n) is 6.85. The Labute approximate surface area is 130 Å². The molecular weight excluding hydrogens is 302 g/mol. The number of furan rings is 1. The van der Waals surface area contributed by atoms with Crippen LogP contribution in [-0.2, 0) is 15.6 Å². The average Bonchev–Trinajstić information content (AvgIpc) is 2.98. The molecule has 2 rings (SSSR count). The number of amides is 1. The summed E-state index contributed by atoms with van der Waals surface area (Å²) in [6, 6.07) is 10.0. The second-order valence-corrected chi connectivity index (χ2v) is 7.51. The van der Waals surface area contributed by atoms with Gasteiger partial charge in [0.2, 0.25) is 0 Å². The number of hydrogen-bond acceptors (Lipinski definition) is 4. The molecule has 1 amide bonds. The van der Waals surface area contributed by atoms with Crippen molar-refractivity contribution in [2.24, 2.45) is 0 Å². The molecular formula is C16H19NO4S. The molecule has 0 aliphatic carbocycles. The zero-order valence-corrected chi connectivity index (χ0v) is 13.6. The minimum absolute atomic E-state index is 0.0277. The Morgan fingerprint density at radius 3 is 2.36 bits per heavy atom. The monoisotopic (exact) mass is 321 g/mol. The summed E-state index contributed by atoms with van der Waals surface area (Å²) in [6.45, 7) is 1.88. The maximum atomic E-state index is 12.4. The lowest BCUT2D eigenvalue weighted by Gasteiger charge is -2.23. The van der Waals surface area contributed by atoms with Gasteiger partial charge in [0.05, 0.1) is 18.1 Å². The fourth-order valence-corrected chi connectivity index (χ4v) is 2.94. The van der Waals surface area contributed by atoms with Gasteiger partial charge in [-0.1, -0.05) is 12.1 Å². The van der Waals surface area contributed by atoms with Crippen molar-refractivity contribution < 1.29 is 17.6 Å². The first-order chi connectivity index (χ1) is 10.3. The van der Waals surface area contributed by atoms with E-state index >= 15 is 0 Å². The highest BCUT2D eigenvalue weighted by Gasteiger charge is 2.20. The summed E-state index contributed by atoms with van der Waals surface area (Å²) >= 11 is 0. The van der Waals surface area contributed by atoms with Crippen molar-refractivity contribution in [3.8, 4) is 0 Å². The lowest BCUT2D eigenvalue weighted by atomic mass is 10.1. The number of rotatable bonds is 5. The van der Waals surface area contributed by atoms with E-state index in [4.69, 9.17) is 4.42 Å². The Kier molecular flexibility index (Phi) is 4.71. The highest BCUT2D eigenvalue weighted by atomic mass is 32.2. The molecule has 0 bridgehead atoms. The summed E-state index contributed by atoms with van der Waals surface area (Å²) in [6.07, 6.45) is 2.76. The standard InChI is InChI=1S/C16H19NO4S/c1-12(15-5-4-10-21-15)17(2)16(18)14-8-6-13(7-9-14)11-22(3,19)20/h4-10,12H,11H2,1-3H3. The average molecular weight is 321 g/mol. The van der Waals surface area contributed by atoms with Crippen LogP contribution in [0.5, 0.6) is 0 Å². The Hall–Kier alpha value is -2.08. The third-order valence-corrected chi connectivity index (χ3v) is 4.34. The van der Waals surface area contributed by atoms with Crippen LogP contribution in [-0.4, -0.2) is 32.5 Å². The molecule has 1 unspecified atom stereocenters. The third-order valence-electron chi connectivity index (χ3n) is 3.49. The highest BCUT2D eigenvalue weighted by Crippen LogP contribution is 2.21. The zero-order chi connectivity index (χ0) is 16.3. The molecule has 118 valence electrons. The predicted molar refractivity (Wildman–Crippen MR) is 84.2 cm³/mol. The van der Waals surface area contributed by atoms with E-state index in [1.54, 1.807) is 48.5 Å². The van der Waals surface area contributed by atoms with E-state index in [2.05, 4.69) is 0 Å². The van der Waals surface area contributed by atoms with E-state index in [-0.39, 0.29) is 17.7 Å². The largest absolute Gasteiger partial charge is 0.467 e. The van der Waals surface area contributed by atoms with Crippen LogP contribution in [0.2, 0.25) is 0 Å². The molecule has 1 aromatic carbocycles. The van der Waals surface area contributed by atoms with Crippen LogP contribution in [0.1, 0.15) is 34.6 Å². The van der Waals surface area contributed by atoms with E-state index in [0.717, 1.165) is 0 Å². The van der Waals surface area contributed by atoms with Crippen LogP contribution in [0.4, 0.5) is 0 Å². The maximum absolute atomic E-state index is 12.4. The number of hydrogen-bond donors (Lipinski definition) is 0. The second-order valence-electron chi connectivity index (χ2n) is 5.37. The van der Waals surface area contributed by atoms with E-state index in [1.165, 1.54) is 6.26 Å². The van der Waals surface area contributed by atoms with Crippen molar-refractivity contribution in [2.45, 2.75) is 18.7 Å². The van der Waals surface area contributed by atoms with Gasteiger partial charge in [0.15, 0.2) is 9.84 Å². The van der Waals surface area contributed by atoms with Gasteiger partial charge in [-0.3, -0.25) is 4.79 Å². The molecule has 5 nitrogen and oxygen atoms in total. The summed E-state index contributed by atoms with van der Waals surface area (Å²) in [5.74, 6) is 0.541. The molecule has 1 atom stereocenters. The van der Waals surface area contributed by atoms with Crippen molar-refractivity contribution >= 4 is 15.7 Å². The number of carbonyl (C=O) groups excluding carboxylic acids is 1. The van der Waals surface area contributed by atoms with Crippen LogP contribution in [0.3, 0.4) is 0 Å². The summed E-state index contributed by atoms with van der Waals surface area (Å²) in [5, 5.41) is 0. The number of benzene rings is 1. The van der Waals surface area contributed by atoms with Crippen molar-refractivity contribution in [1.29, 1.82) is 0 Å². The topological polar surface area (TPSA) is 67.6 Å². The van der Waals surface area contributed by atoms with Crippen molar-refractivity contribution in [1.82, 2.24) is 4.90 Å². The minimum atomic E-state index is -3.08. The maximum Gasteiger partial charge on any atom is 0.254 e. The van der Waals surface area contributed by atoms with Gasteiger partial charge < -0.3 is 9.32 Å². The normalized spacial score (nSPS) is 12.9. The van der Waals surface area contributed by atoms with Gasteiger partial charge in [0.1, 0.15) is 5.76 Å². The van der Waals surface area contributed by atoms with Gasteiger partial charge in [0.25, 0.3) is 5.91 Å². The van der Waals surface area contributed by atoms with Crippen LogP contribution < -0.4 is 0 Å². The minimum Gasteiger partial charge on any atom is -0.467 e. The fraction of sp³-hybridized carbons (Fsp3) is 0.312. The van der Waals surface area contributed by atoms with Crippen molar-refractivity contribution in [3.63, 3.8) is 0 Å². The molecule has 0 saturated heterocycles. The zero-order valence-electron chi connectivity index (χ0n) is 12.8. The molecule has 1 heterocycles. The van der Waals surface area contributed by atoms with Gasteiger partial charge in [0, 0.05) is 18.9 Å². The van der Waals surface area contributed by atoms with Crippen molar-refractivity contribution in [2.75, 3.05) is 13.3 Å². The smallest absolute Gasteiger partial charge is 0.254 e. The third kappa shape index (κ3) is 3.98. The second kappa shape index (κ2) is 6.36. The van der Waals surface area contributed by atoms with Gasteiger partial charge in [-0.15, -0.1) is 0 Å². The predicted octanol–water partition coefficient (Wildman–Crippen LogP) is 2.66. The van der Waals surface area contributed by atoms with Gasteiger partial charge in [-0.25, -0.2) is 8.42 Å². The van der Waals surface area contributed by atoms with Crippen LogP contribution in [0, 0.1) is 0 Å². The van der Waals surface area contributed by atoms with E-state index in [9.17, 15) is 13.2 Å². The lowest BCUT2D eigenvalue weighted by molar-refractivity contribution is 0.0726. The molecule has 0 radical (unpaired) electrons. The number of sulfone groups is 1. The summed E-state index contributed by atoms with van der Waals surface area (Å²) in [5.41, 5.74) is 1.18. The molecule has 0 spiro atoms. The van der Waals surface area contributed by atoms with Crippen LogP contribution in [0.25, 0.3) is 0 Å². The lowest BCUT2D eigenvalue weighted by Crippen LogP contribution is -2.29. The van der Waals surface area contributed by atoms with E-state index < -0.39 is 9.84 Å². The first kappa shape index (κ1) is 16.3. The Morgan fingerprint density at radius 2 is 1.86 bits per heavy atom. The molecule has 22 heavy (non-hydrogen) atoms. The van der Waals surface area contributed by atoms with Gasteiger partial charge >= 0.3 is 0 Å². The Balaban J connectivity index is 2.12. The molecule has 0 fully saturated rings. The summed E-state index contributed by atoms with van der Waals surface area (Å²) in [7, 11) is -1.37. The fourth-order valence-electron chi connectivity index (χ4n) is 2.15. The quantitative estimate of drug-likeness (QED) is 0.849. The number of nitrogens with zero attached hydrogens (tertiary/aromatic N) is 1. The van der Waals surface area contributed by atoms with Crippen LogP contribution >= 0.6 is 0 Å². The first-order valence-corrected chi connectivity index (χ1v) is 8.91. The van der Waals surface area contributed by atoms with E-state index in [0.29, 0.717) is 16.9 Å². The van der Waals surface area contributed by atoms with Crippen molar-refractivity contribution in [3.05, 3.63) is 59.5 Å². The molecule has 6 heteroatoms. The van der Waals surface area contributed by atoms with E-state index in [1.807, 2.05) is 13.0 Å². The SMILES string of the molecule is CC(c1ccco1)N(C)C(=O)c1ccc(CS(C)(=O)=O)cc1. The van der Waals surface area contributed by atoms with Gasteiger partial charge in [-0.2, -0.15) is 0 Å². The van der Waals surface area contributed by atoms with Gasteiger partial charge in [-0.05, 0) is 36.8 Å². The molecule has 1 aromatic heterocycles.